The Kier molecular flexibility index (Phi) is 18.4. The van der Waals surface area contributed by atoms with Gasteiger partial charge in [0.15, 0.2) is 5.96 Å². The first-order valence-electron chi connectivity index (χ1n) is 9.71. The third-order valence-electron chi connectivity index (χ3n) is 3.93. The lowest BCUT2D eigenvalue weighted by Gasteiger charge is -2.03. The summed E-state index contributed by atoms with van der Waals surface area (Å²) >= 11 is 0. The first-order valence-corrected chi connectivity index (χ1v) is 9.71. The van der Waals surface area contributed by atoms with Crippen LogP contribution in [0.25, 0.3) is 0 Å². The molecule has 1 heterocycles. The maximum Gasteiger partial charge on any atom is 0.320 e. The number of aliphatic carboxylic acids is 3. The molecule has 176 valence electrons. The van der Waals surface area contributed by atoms with Gasteiger partial charge in [-0.05, 0) is 51.6 Å². The zero-order chi connectivity index (χ0) is 23.5. The minimum atomic E-state index is -1.00. The van der Waals surface area contributed by atoms with Gasteiger partial charge in [0.2, 0.25) is 0 Å². The van der Waals surface area contributed by atoms with Gasteiger partial charge in [-0.2, -0.15) is 0 Å². The van der Waals surface area contributed by atoms with Crippen LogP contribution in [0, 0.1) is 0 Å². The Labute approximate surface area is 176 Å². The van der Waals surface area contributed by atoms with E-state index in [2.05, 4.69) is 10.3 Å². The second-order valence-corrected chi connectivity index (χ2v) is 6.61. The molecule has 3 atom stereocenters. The van der Waals surface area contributed by atoms with Crippen LogP contribution in [0.5, 0.6) is 0 Å². The van der Waals surface area contributed by atoms with Crippen molar-refractivity contribution in [1.29, 1.82) is 0 Å². The molecule has 1 aliphatic heterocycles. The number of hydrogen-bond acceptors (Lipinski definition) is 8. The highest BCUT2D eigenvalue weighted by Crippen LogP contribution is 2.03. The Morgan fingerprint density at radius 2 is 1.50 bits per heavy atom. The van der Waals surface area contributed by atoms with Gasteiger partial charge >= 0.3 is 17.9 Å². The van der Waals surface area contributed by atoms with Crippen molar-refractivity contribution >= 4 is 23.9 Å². The van der Waals surface area contributed by atoms with E-state index in [1.807, 2.05) is 0 Å². The zero-order valence-electron chi connectivity index (χ0n) is 17.2. The van der Waals surface area contributed by atoms with Crippen LogP contribution in [0.4, 0.5) is 0 Å². The highest BCUT2D eigenvalue weighted by molar-refractivity contribution is 5.75. The van der Waals surface area contributed by atoms with Gasteiger partial charge in [-0.15, -0.1) is 0 Å². The van der Waals surface area contributed by atoms with E-state index in [1.54, 1.807) is 0 Å². The van der Waals surface area contributed by atoms with Crippen LogP contribution < -0.4 is 34.0 Å². The predicted molar refractivity (Wildman–Crippen MR) is 113 cm³/mol. The van der Waals surface area contributed by atoms with Gasteiger partial charge in [0.25, 0.3) is 0 Å². The Bertz CT molecular complexity index is 523. The molecule has 0 bridgehead atoms. The number of rotatable bonds is 11. The first-order chi connectivity index (χ1) is 14.0. The molecule has 0 spiro atoms. The number of nitrogens with one attached hydrogen (secondary N) is 1. The third kappa shape index (κ3) is 18.9. The number of unbranched alkanes of at least 4 members (excludes halogenated alkanes) is 1. The number of nitrogens with two attached hydrogens (primary N) is 5. The maximum absolute atomic E-state index is 10.2. The van der Waals surface area contributed by atoms with Gasteiger partial charge in [-0.25, -0.2) is 0 Å². The number of carbonyl (C=O) groups is 3. The summed E-state index contributed by atoms with van der Waals surface area (Å²) in [7, 11) is 0. The van der Waals surface area contributed by atoms with Gasteiger partial charge in [-0.1, -0.05) is 6.42 Å². The molecule has 0 saturated carbocycles. The smallest absolute Gasteiger partial charge is 0.320 e. The molecule has 13 heteroatoms. The molecule has 0 radical (unpaired) electrons. The van der Waals surface area contributed by atoms with Crippen LogP contribution in [-0.2, 0) is 14.4 Å². The molecule has 14 N–H and O–H groups in total. The first kappa shape index (κ1) is 29.7. The Balaban J connectivity index is 0. The number of hydrogen-bond donors (Lipinski definition) is 9. The molecule has 0 amide bonds. The van der Waals surface area contributed by atoms with Crippen molar-refractivity contribution in [1.82, 2.24) is 5.32 Å². The van der Waals surface area contributed by atoms with Crippen molar-refractivity contribution in [3.8, 4) is 0 Å². The number of nitrogens with zero attached hydrogens (tertiary/aromatic N) is 1. The summed E-state index contributed by atoms with van der Waals surface area (Å²) in [6, 6.07) is -1.80. The Hall–Kier alpha value is -2.48. The summed E-state index contributed by atoms with van der Waals surface area (Å²) in [5.41, 5.74) is 25.7. The normalized spacial score (nSPS) is 16.7. The van der Waals surface area contributed by atoms with E-state index in [0.29, 0.717) is 32.4 Å². The number of carboxylic acids is 3. The van der Waals surface area contributed by atoms with Gasteiger partial charge in [-0.3, -0.25) is 19.4 Å². The van der Waals surface area contributed by atoms with Crippen LogP contribution in [-0.4, -0.2) is 76.9 Å². The molecule has 0 aromatic heterocycles. The van der Waals surface area contributed by atoms with E-state index in [4.69, 9.17) is 44.0 Å². The molecular formula is C17H37N7O6. The minimum absolute atomic E-state index is 0.0129. The fourth-order valence-corrected chi connectivity index (χ4v) is 2.17. The quantitative estimate of drug-likeness (QED) is 0.0950. The van der Waals surface area contributed by atoms with Crippen molar-refractivity contribution in [3.63, 3.8) is 0 Å². The van der Waals surface area contributed by atoms with Crippen molar-refractivity contribution in [2.75, 3.05) is 19.6 Å². The number of carboxylic acid groups (broad SMARTS) is 3. The fraction of sp³-hybridized carbons (Fsp3) is 0.765. The van der Waals surface area contributed by atoms with Crippen LogP contribution in [0.3, 0.4) is 0 Å². The molecule has 0 aromatic rings. The maximum atomic E-state index is 10.2. The van der Waals surface area contributed by atoms with E-state index >= 15 is 0 Å². The standard InChI is InChI=1S/C6H14N4O2.C6H14N2O2.C5H9NO2/c7-4(5(11)12)2-1-3-10-6(8)9;7-4-2-1-3-5(8)6(9)10;7-5(8)4-2-1-3-6-4/h4H,1-3,7H2,(H,11,12)(H4,8,9,10);5H,1-4,7-8H2,(H,9,10);4,6H,1-3H2,(H,7,8)/t4-;5-;4-/m000/s1. The summed E-state index contributed by atoms with van der Waals surface area (Å²) in [4.78, 5) is 34.2. The molecule has 13 nitrogen and oxygen atoms in total. The molecule has 0 aliphatic carbocycles. The molecule has 1 aliphatic rings. The van der Waals surface area contributed by atoms with E-state index in [-0.39, 0.29) is 12.0 Å². The molecule has 0 unspecified atom stereocenters. The number of aliphatic imine (C=N–C) groups is 1. The summed E-state index contributed by atoms with van der Waals surface area (Å²) in [5, 5.41) is 27.9. The Morgan fingerprint density at radius 3 is 1.83 bits per heavy atom. The topological polar surface area (TPSA) is 266 Å². The van der Waals surface area contributed by atoms with E-state index in [9.17, 15) is 14.4 Å². The molecule has 1 saturated heterocycles. The average molecular weight is 436 g/mol. The highest BCUT2D eigenvalue weighted by atomic mass is 16.4. The highest BCUT2D eigenvalue weighted by Gasteiger charge is 2.20. The SMILES string of the molecule is NC(N)=NCCC[C@H](N)C(=O)O.NCCCC[C@H](N)C(=O)O.O=C(O)[C@@H]1CCCN1. The number of guanidine groups is 1. The van der Waals surface area contributed by atoms with E-state index in [0.717, 1.165) is 32.2 Å². The summed E-state index contributed by atoms with van der Waals surface area (Å²) < 4.78 is 0. The van der Waals surface area contributed by atoms with Gasteiger partial charge in [0, 0.05) is 6.54 Å². The molecule has 1 rings (SSSR count). The second kappa shape index (κ2) is 18.5. The molecule has 0 aromatic carbocycles. The monoisotopic (exact) mass is 435 g/mol. The third-order valence-corrected chi connectivity index (χ3v) is 3.93. The predicted octanol–water partition coefficient (Wildman–Crippen LogP) is -2.20. The summed E-state index contributed by atoms with van der Waals surface area (Å²) in [5.74, 6) is -2.64. The largest absolute Gasteiger partial charge is 0.480 e. The van der Waals surface area contributed by atoms with E-state index < -0.39 is 30.0 Å². The van der Waals surface area contributed by atoms with Crippen LogP contribution >= 0.6 is 0 Å². The van der Waals surface area contributed by atoms with Gasteiger partial charge in [0.05, 0.1) is 0 Å². The summed E-state index contributed by atoms with van der Waals surface area (Å²) in [6.45, 7) is 1.88. The lowest BCUT2D eigenvalue weighted by molar-refractivity contribution is -0.139. The average Bonchev–Trinajstić information content (AvgIpc) is 3.21. The zero-order valence-corrected chi connectivity index (χ0v) is 17.2. The second-order valence-electron chi connectivity index (χ2n) is 6.61. The molecule has 1 fully saturated rings. The van der Waals surface area contributed by atoms with Crippen LogP contribution in [0.2, 0.25) is 0 Å². The van der Waals surface area contributed by atoms with E-state index in [1.165, 1.54) is 0 Å². The molecular weight excluding hydrogens is 398 g/mol. The lowest BCUT2D eigenvalue weighted by atomic mass is 10.1. The summed E-state index contributed by atoms with van der Waals surface area (Å²) in [6.07, 6.45) is 4.90. The van der Waals surface area contributed by atoms with Crippen molar-refractivity contribution < 1.29 is 29.7 Å². The van der Waals surface area contributed by atoms with Gasteiger partial charge in [0.1, 0.15) is 18.1 Å². The van der Waals surface area contributed by atoms with Crippen molar-refractivity contribution in [3.05, 3.63) is 0 Å². The molecule has 30 heavy (non-hydrogen) atoms. The lowest BCUT2D eigenvalue weighted by Crippen LogP contribution is -2.30. The van der Waals surface area contributed by atoms with Gasteiger partial charge < -0.3 is 49.3 Å². The Morgan fingerprint density at radius 1 is 0.967 bits per heavy atom. The fourth-order valence-electron chi connectivity index (χ4n) is 2.17. The minimum Gasteiger partial charge on any atom is -0.480 e. The van der Waals surface area contributed by atoms with Crippen LogP contribution in [0.15, 0.2) is 4.99 Å². The van der Waals surface area contributed by atoms with Crippen molar-refractivity contribution in [2.24, 2.45) is 33.7 Å². The van der Waals surface area contributed by atoms with Crippen molar-refractivity contribution in [2.45, 2.75) is 63.1 Å². The van der Waals surface area contributed by atoms with Crippen LogP contribution in [0.1, 0.15) is 44.9 Å².